The number of rotatable bonds is 5. The van der Waals surface area contributed by atoms with Crippen molar-refractivity contribution in [3.8, 4) is 0 Å². The molecule has 0 bridgehead atoms. The molecule has 1 saturated heterocycles. The summed E-state index contributed by atoms with van der Waals surface area (Å²) in [5.74, 6) is 1.34. The second-order valence-electron chi connectivity index (χ2n) is 5.32. The van der Waals surface area contributed by atoms with Gasteiger partial charge in [-0.15, -0.1) is 11.6 Å². The molecule has 1 aliphatic heterocycles. The second kappa shape index (κ2) is 6.33. The van der Waals surface area contributed by atoms with Crippen molar-refractivity contribution in [1.82, 2.24) is 14.5 Å². The molecule has 0 N–H and O–H groups in total. The van der Waals surface area contributed by atoms with Crippen LogP contribution in [0, 0.1) is 0 Å². The van der Waals surface area contributed by atoms with Gasteiger partial charge in [-0.1, -0.05) is 17.7 Å². The standard InChI is InChI=1S/C15H19Cl2N3/c16-11-14-18-15-12(17)5-3-6-13(15)20(14)10-4-9-19-7-1-2-8-19/h3,5-6H,1-2,4,7-11H2. The van der Waals surface area contributed by atoms with Crippen molar-refractivity contribution in [2.45, 2.75) is 31.7 Å². The molecule has 3 nitrogen and oxygen atoms in total. The average Bonchev–Trinajstić information content (AvgIpc) is 3.08. The fourth-order valence-corrected chi connectivity index (χ4v) is 3.39. The summed E-state index contributed by atoms with van der Waals surface area (Å²) in [6, 6.07) is 5.92. The monoisotopic (exact) mass is 311 g/mol. The fraction of sp³-hybridized carbons (Fsp3) is 0.533. The first-order valence-corrected chi connectivity index (χ1v) is 8.13. The lowest BCUT2D eigenvalue weighted by Crippen LogP contribution is -2.21. The molecule has 2 heterocycles. The lowest BCUT2D eigenvalue weighted by Gasteiger charge is -2.15. The highest BCUT2D eigenvalue weighted by Crippen LogP contribution is 2.25. The molecule has 108 valence electrons. The van der Waals surface area contributed by atoms with Crippen LogP contribution in [0.1, 0.15) is 25.1 Å². The molecule has 0 unspecified atom stereocenters. The van der Waals surface area contributed by atoms with Gasteiger partial charge >= 0.3 is 0 Å². The number of aromatic nitrogens is 2. The molecule has 1 aromatic heterocycles. The third-order valence-electron chi connectivity index (χ3n) is 3.98. The number of hydrogen-bond acceptors (Lipinski definition) is 2. The van der Waals surface area contributed by atoms with Gasteiger partial charge in [0.05, 0.1) is 16.4 Å². The number of halogens is 2. The van der Waals surface area contributed by atoms with Crippen LogP contribution in [-0.4, -0.2) is 34.1 Å². The highest BCUT2D eigenvalue weighted by atomic mass is 35.5. The van der Waals surface area contributed by atoms with E-state index in [2.05, 4.69) is 20.5 Å². The quantitative estimate of drug-likeness (QED) is 0.780. The zero-order valence-electron chi connectivity index (χ0n) is 11.5. The van der Waals surface area contributed by atoms with E-state index in [9.17, 15) is 0 Å². The summed E-state index contributed by atoms with van der Waals surface area (Å²) in [6.07, 6.45) is 3.81. The van der Waals surface area contributed by atoms with Gasteiger partial charge in [0, 0.05) is 6.54 Å². The van der Waals surface area contributed by atoms with Crippen molar-refractivity contribution in [3.05, 3.63) is 29.0 Å². The number of aryl methyl sites for hydroxylation is 1. The van der Waals surface area contributed by atoms with E-state index in [1.54, 1.807) is 0 Å². The summed E-state index contributed by atoms with van der Waals surface area (Å²) in [4.78, 5) is 7.10. The first-order valence-electron chi connectivity index (χ1n) is 7.21. The predicted octanol–water partition coefficient (Wildman–Crippen LogP) is 3.91. The van der Waals surface area contributed by atoms with Gasteiger partial charge in [-0.2, -0.15) is 0 Å². The number of nitrogens with zero attached hydrogens (tertiary/aromatic N) is 3. The Kier molecular flexibility index (Phi) is 4.49. The van der Waals surface area contributed by atoms with Crippen LogP contribution in [-0.2, 0) is 12.4 Å². The first kappa shape index (κ1) is 14.2. The molecule has 1 fully saturated rings. The molecule has 20 heavy (non-hydrogen) atoms. The van der Waals surface area contributed by atoms with Gasteiger partial charge in [0.25, 0.3) is 0 Å². The zero-order chi connectivity index (χ0) is 13.9. The SMILES string of the molecule is ClCc1nc2c(Cl)cccc2n1CCCN1CCCC1. The topological polar surface area (TPSA) is 21.1 Å². The molecule has 0 amide bonds. The molecule has 1 aliphatic rings. The maximum Gasteiger partial charge on any atom is 0.124 e. The zero-order valence-corrected chi connectivity index (χ0v) is 13.0. The average molecular weight is 312 g/mol. The van der Waals surface area contributed by atoms with Crippen LogP contribution in [0.2, 0.25) is 5.02 Å². The molecule has 0 atom stereocenters. The Hall–Kier alpha value is -0.770. The maximum absolute atomic E-state index is 6.21. The number of benzene rings is 1. The van der Waals surface area contributed by atoms with Crippen molar-refractivity contribution in [3.63, 3.8) is 0 Å². The van der Waals surface area contributed by atoms with Crippen LogP contribution >= 0.6 is 23.2 Å². The molecule has 5 heteroatoms. The van der Waals surface area contributed by atoms with Crippen molar-refractivity contribution in [2.24, 2.45) is 0 Å². The molecular formula is C15H19Cl2N3. The lowest BCUT2D eigenvalue weighted by atomic mass is 10.3. The molecule has 2 aromatic rings. The van der Waals surface area contributed by atoms with Crippen LogP contribution in [0.3, 0.4) is 0 Å². The lowest BCUT2D eigenvalue weighted by molar-refractivity contribution is 0.325. The number of imidazole rings is 1. The number of alkyl halides is 1. The maximum atomic E-state index is 6.21. The number of likely N-dealkylation sites (tertiary alicyclic amines) is 1. The van der Waals surface area contributed by atoms with Crippen LogP contribution in [0.5, 0.6) is 0 Å². The van der Waals surface area contributed by atoms with Crippen LogP contribution in [0.25, 0.3) is 11.0 Å². The van der Waals surface area contributed by atoms with Crippen LogP contribution < -0.4 is 0 Å². The predicted molar refractivity (Wildman–Crippen MR) is 84.6 cm³/mol. The van der Waals surface area contributed by atoms with Gasteiger partial charge in [-0.25, -0.2) is 4.98 Å². The van der Waals surface area contributed by atoms with E-state index in [0.717, 1.165) is 36.4 Å². The van der Waals surface area contributed by atoms with E-state index in [4.69, 9.17) is 23.2 Å². The Morgan fingerprint density at radius 2 is 1.95 bits per heavy atom. The summed E-state index contributed by atoms with van der Waals surface area (Å²) < 4.78 is 2.21. The first-order chi connectivity index (χ1) is 9.79. The Balaban J connectivity index is 1.77. The molecule has 0 radical (unpaired) electrons. The van der Waals surface area contributed by atoms with Crippen molar-refractivity contribution in [2.75, 3.05) is 19.6 Å². The van der Waals surface area contributed by atoms with E-state index in [1.807, 2.05) is 12.1 Å². The Bertz CT molecular complexity index is 588. The largest absolute Gasteiger partial charge is 0.327 e. The molecular weight excluding hydrogens is 293 g/mol. The smallest absolute Gasteiger partial charge is 0.124 e. The Labute approximate surface area is 129 Å². The van der Waals surface area contributed by atoms with Gasteiger partial charge in [-0.05, 0) is 51.0 Å². The summed E-state index contributed by atoms with van der Waals surface area (Å²) in [5, 5.41) is 0.701. The van der Waals surface area contributed by atoms with Crippen molar-refractivity contribution < 1.29 is 0 Å². The highest BCUT2D eigenvalue weighted by molar-refractivity contribution is 6.35. The van der Waals surface area contributed by atoms with E-state index >= 15 is 0 Å². The normalized spacial score (nSPS) is 16.3. The van der Waals surface area contributed by atoms with Crippen LogP contribution in [0.15, 0.2) is 18.2 Å². The highest BCUT2D eigenvalue weighted by Gasteiger charge is 2.14. The Morgan fingerprint density at radius 3 is 2.70 bits per heavy atom. The van der Waals surface area contributed by atoms with Gasteiger partial charge in [-0.3, -0.25) is 0 Å². The fourth-order valence-electron chi connectivity index (χ4n) is 2.97. The number of para-hydroxylation sites is 1. The number of hydrogen-bond donors (Lipinski definition) is 0. The number of fused-ring (bicyclic) bond motifs is 1. The van der Waals surface area contributed by atoms with Gasteiger partial charge in [0.1, 0.15) is 11.3 Å². The summed E-state index contributed by atoms with van der Waals surface area (Å²) in [7, 11) is 0. The van der Waals surface area contributed by atoms with Crippen molar-refractivity contribution >= 4 is 34.2 Å². The van der Waals surface area contributed by atoms with Gasteiger partial charge < -0.3 is 9.47 Å². The van der Waals surface area contributed by atoms with Gasteiger partial charge in [0.15, 0.2) is 0 Å². The third-order valence-corrected chi connectivity index (χ3v) is 4.53. The second-order valence-corrected chi connectivity index (χ2v) is 6.00. The van der Waals surface area contributed by atoms with Gasteiger partial charge in [0.2, 0.25) is 0 Å². The summed E-state index contributed by atoms with van der Waals surface area (Å²) in [6.45, 7) is 4.61. The molecule has 0 aliphatic carbocycles. The third kappa shape index (κ3) is 2.80. The minimum absolute atomic E-state index is 0.425. The van der Waals surface area contributed by atoms with E-state index < -0.39 is 0 Å². The van der Waals surface area contributed by atoms with E-state index in [0.29, 0.717) is 10.9 Å². The Morgan fingerprint density at radius 1 is 1.15 bits per heavy atom. The van der Waals surface area contributed by atoms with E-state index in [1.165, 1.54) is 25.9 Å². The molecule has 0 spiro atoms. The van der Waals surface area contributed by atoms with Crippen LogP contribution in [0.4, 0.5) is 0 Å². The molecule has 0 saturated carbocycles. The molecule has 1 aromatic carbocycles. The minimum Gasteiger partial charge on any atom is -0.327 e. The van der Waals surface area contributed by atoms with E-state index in [-0.39, 0.29) is 0 Å². The molecule has 3 rings (SSSR count). The minimum atomic E-state index is 0.425. The van der Waals surface area contributed by atoms with Crippen molar-refractivity contribution in [1.29, 1.82) is 0 Å². The summed E-state index contributed by atoms with van der Waals surface area (Å²) in [5.41, 5.74) is 1.96. The summed E-state index contributed by atoms with van der Waals surface area (Å²) >= 11 is 12.2.